The van der Waals surface area contributed by atoms with Crippen molar-refractivity contribution in [3.05, 3.63) is 63.6 Å². The Morgan fingerprint density at radius 2 is 1.67 bits per heavy atom. The van der Waals surface area contributed by atoms with E-state index in [9.17, 15) is 0 Å². The molecule has 94 valence electrons. The second kappa shape index (κ2) is 6.26. The average Bonchev–Trinajstić information content (AvgIpc) is 2.35. The highest BCUT2D eigenvalue weighted by atomic mass is 79.9. The van der Waals surface area contributed by atoms with Crippen LogP contribution in [0, 0.1) is 0 Å². The van der Waals surface area contributed by atoms with Crippen molar-refractivity contribution in [1.82, 2.24) is 0 Å². The van der Waals surface area contributed by atoms with Crippen molar-refractivity contribution in [2.75, 3.05) is 5.32 Å². The van der Waals surface area contributed by atoms with Crippen LogP contribution in [-0.4, -0.2) is 6.04 Å². The van der Waals surface area contributed by atoms with E-state index in [1.54, 1.807) is 0 Å². The monoisotopic (exact) mass is 323 g/mol. The van der Waals surface area contributed by atoms with Gasteiger partial charge in [0.2, 0.25) is 0 Å². The minimum atomic E-state index is 0.382. The Morgan fingerprint density at radius 3 is 2.28 bits per heavy atom. The van der Waals surface area contributed by atoms with Gasteiger partial charge < -0.3 is 5.32 Å². The fourth-order valence-corrected chi connectivity index (χ4v) is 2.25. The van der Waals surface area contributed by atoms with Crippen molar-refractivity contribution in [2.45, 2.75) is 19.4 Å². The molecular formula is C15H15BrClN. The summed E-state index contributed by atoms with van der Waals surface area (Å²) < 4.78 is 1.12. The summed E-state index contributed by atoms with van der Waals surface area (Å²) in [5.41, 5.74) is 2.43. The molecule has 1 unspecified atom stereocenters. The third-order valence-electron chi connectivity index (χ3n) is 2.71. The number of hydrogen-bond acceptors (Lipinski definition) is 1. The first kappa shape index (κ1) is 13.4. The molecule has 0 aliphatic heterocycles. The van der Waals surface area contributed by atoms with Crippen molar-refractivity contribution >= 4 is 33.2 Å². The molecule has 1 N–H and O–H groups in total. The summed E-state index contributed by atoms with van der Waals surface area (Å²) in [6.07, 6.45) is 0.996. The van der Waals surface area contributed by atoms with Gasteiger partial charge in [0.1, 0.15) is 0 Å². The van der Waals surface area contributed by atoms with Crippen LogP contribution in [0.15, 0.2) is 53.0 Å². The van der Waals surface area contributed by atoms with E-state index < -0.39 is 0 Å². The first-order valence-corrected chi connectivity index (χ1v) is 7.07. The van der Waals surface area contributed by atoms with Gasteiger partial charge in [-0.2, -0.15) is 0 Å². The molecule has 2 aromatic carbocycles. The van der Waals surface area contributed by atoms with Crippen molar-refractivity contribution in [2.24, 2.45) is 0 Å². The first-order chi connectivity index (χ1) is 8.63. The van der Waals surface area contributed by atoms with Crippen LogP contribution in [0.25, 0.3) is 0 Å². The van der Waals surface area contributed by atoms with Gasteiger partial charge in [0.25, 0.3) is 0 Å². The Hall–Kier alpha value is -0.990. The number of halogens is 2. The highest BCUT2D eigenvalue weighted by molar-refractivity contribution is 9.10. The molecule has 0 spiro atoms. The molecule has 0 aliphatic carbocycles. The summed E-state index contributed by atoms with van der Waals surface area (Å²) in [6, 6.07) is 16.6. The number of rotatable bonds is 4. The van der Waals surface area contributed by atoms with Gasteiger partial charge in [-0.05, 0) is 55.3 Å². The van der Waals surface area contributed by atoms with E-state index in [0.717, 1.165) is 21.6 Å². The number of hydrogen-bond donors (Lipinski definition) is 1. The molecule has 2 rings (SSSR count). The molecule has 0 amide bonds. The lowest BCUT2D eigenvalue weighted by Crippen LogP contribution is -2.17. The third-order valence-corrected chi connectivity index (χ3v) is 3.49. The van der Waals surface area contributed by atoms with Crippen LogP contribution >= 0.6 is 27.5 Å². The Balaban J connectivity index is 1.94. The number of nitrogens with one attached hydrogen (secondary N) is 1. The van der Waals surface area contributed by atoms with Crippen molar-refractivity contribution in [1.29, 1.82) is 0 Å². The van der Waals surface area contributed by atoms with E-state index in [1.165, 1.54) is 5.56 Å². The van der Waals surface area contributed by atoms with Gasteiger partial charge in [-0.25, -0.2) is 0 Å². The maximum Gasteiger partial charge on any atom is 0.0407 e. The number of benzene rings is 2. The van der Waals surface area contributed by atoms with Gasteiger partial charge in [-0.3, -0.25) is 0 Å². The molecule has 18 heavy (non-hydrogen) atoms. The quantitative estimate of drug-likeness (QED) is 0.820. The Bertz CT molecular complexity index is 445. The van der Waals surface area contributed by atoms with Crippen LogP contribution in [0.3, 0.4) is 0 Å². The second-order valence-corrected chi connectivity index (χ2v) is 5.73. The van der Waals surface area contributed by atoms with Gasteiger partial charge in [0.15, 0.2) is 0 Å². The van der Waals surface area contributed by atoms with Crippen LogP contribution in [-0.2, 0) is 6.42 Å². The fraction of sp³-hybridized carbons (Fsp3) is 0.200. The first-order valence-electron chi connectivity index (χ1n) is 5.90. The average molecular weight is 325 g/mol. The minimum Gasteiger partial charge on any atom is -0.382 e. The lowest BCUT2D eigenvalue weighted by Gasteiger charge is -2.15. The van der Waals surface area contributed by atoms with Gasteiger partial charge >= 0.3 is 0 Å². The minimum absolute atomic E-state index is 0.382. The highest BCUT2D eigenvalue weighted by Gasteiger charge is 2.03. The lowest BCUT2D eigenvalue weighted by atomic mass is 10.1. The fourth-order valence-electron chi connectivity index (χ4n) is 1.86. The van der Waals surface area contributed by atoms with Crippen LogP contribution in [0.2, 0.25) is 5.02 Å². The van der Waals surface area contributed by atoms with E-state index in [2.05, 4.69) is 52.4 Å². The van der Waals surface area contributed by atoms with E-state index >= 15 is 0 Å². The van der Waals surface area contributed by atoms with E-state index in [1.807, 2.05) is 24.3 Å². The molecule has 0 bridgehead atoms. The van der Waals surface area contributed by atoms with Crippen LogP contribution in [0.4, 0.5) is 5.69 Å². The smallest absolute Gasteiger partial charge is 0.0407 e. The molecule has 0 saturated heterocycles. The van der Waals surface area contributed by atoms with Gasteiger partial charge in [0.05, 0.1) is 0 Å². The second-order valence-electron chi connectivity index (χ2n) is 4.38. The molecule has 3 heteroatoms. The van der Waals surface area contributed by atoms with Gasteiger partial charge in [0, 0.05) is 21.2 Å². The van der Waals surface area contributed by atoms with E-state index in [-0.39, 0.29) is 0 Å². The summed E-state index contributed by atoms with van der Waals surface area (Å²) >= 11 is 9.30. The topological polar surface area (TPSA) is 12.0 Å². The number of anilines is 1. The zero-order valence-electron chi connectivity index (χ0n) is 10.2. The largest absolute Gasteiger partial charge is 0.382 e. The molecular weight excluding hydrogens is 310 g/mol. The molecule has 1 atom stereocenters. The summed E-state index contributed by atoms with van der Waals surface area (Å²) in [5.74, 6) is 0. The van der Waals surface area contributed by atoms with Crippen molar-refractivity contribution in [3.8, 4) is 0 Å². The SMILES string of the molecule is CC(Cc1ccc(Br)cc1)Nc1ccc(Cl)cc1. The van der Waals surface area contributed by atoms with Crippen LogP contribution in [0.5, 0.6) is 0 Å². The highest BCUT2D eigenvalue weighted by Crippen LogP contribution is 2.16. The molecule has 1 nitrogen and oxygen atoms in total. The van der Waals surface area contributed by atoms with Crippen molar-refractivity contribution in [3.63, 3.8) is 0 Å². The lowest BCUT2D eigenvalue weighted by molar-refractivity contribution is 0.790. The molecule has 0 aliphatic rings. The zero-order valence-corrected chi connectivity index (χ0v) is 12.5. The molecule has 2 aromatic rings. The zero-order chi connectivity index (χ0) is 13.0. The van der Waals surface area contributed by atoms with Crippen LogP contribution < -0.4 is 5.32 Å². The maximum absolute atomic E-state index is 5.86. The Kier molecular flexibility index (Phi) is 4.67. The normalized spacial score (nSPS) is 12.2. The molecule has 0 heterocycles. The Morgan fingerprint density at radius 1 is 1.06 bits per heavy atom. The summed E-state index contributed by atoms with van der Waals surface area (Å²) in [5, 5.41) is 4.23. The van der Waals surface area contributed by atoms with Crippen LogP contribution in [0.1, 0.15) is 12.5 Å². The molecule has 0 fully saturated rings. The molecule has 0 aromatic heterocycles. The summed E-state index contributed by atoms with van der Waals surface area (Å²) in [7, 11) is 0. The molecule has 0 saturated carbocycles. The van der Waals surface area contributed by atoms with Gasteiger partial charge in [-0.15, -0.1) is 0 Å². The summed E-state index contributed by atoms with van der Waals surface area (Å²) in [6.45, 7) is 2.18. The van der Waals surface area contributed by atoms with Gasteiger partial charge in [-0.1, -0.05) is 39.7 Å². The predicted molar refractivity (Wildman–Crippen MR) is 82.4 cm³/mol. The van der Waals surface area contributed by atoms with E-state index in [4.69, 9.17) is 11.6 Å². The third kappa shape index (κ3) is 4.04. The maximum atomic E-state index is 5.86. The molecule has 0 radical (unpaired) electrons. The van der Waals surface area contributed by atoms with E-state index in [0.29, 0.717) is 6.04 Å². The van der Waals surface area contributed by atoms with Crippen molar-refractivity contribution < 1.29 is 0 Å². The Labute approximate surface area is 121 Å². The predicted octanol–water partition coefficient (Wildman–Crippen LogP) is 5.15. The standard InChI is InChI=1S/C15H15BrClN/c1-11(10-12-2-4-13(16)5-3-12)18-15-8-6-14(17)7-9-15/h2-9,11,18H,10H2,1H3. The summed E-state index contributed by atoms with van der Waals surface area (Å²) in [4.78, 5) is 0.